The van der Waals surface area contributed by atoms with Gasteiger partial charge in [-0.15, -0.1) is 0 Å². The Hall–Kier alpha value is -2.27. The first-order chi connectivity index (χ1) is 14.9. The summed E-state index contributed by atoms with van der Waals surface area (Å²) in [5.74, 6) is -0.731. The van der Waals surface area contributed by atoms with Gasteiger partial charge in [0.25, 0.3) is 0 Å². The molecule has 174 valence electrons. The molecule has 2 N–H and O–H groups in total. The molecule has 6 heteroatoms. The molecule has 1 heterocycles. The van der Waals surface area contributed by atoms with E-state index >= 15 is 0 Å². The molecule has 1 aliphatic heterocycles. The second-order valence-corrected chi connectivity index (χ2v) is 10.8. The van der Waals surface area contributed by atoms with Gasteiger partial charge in [0.1, 0.15) is 0 Å². The minimum Gasteiger partial charge on any atom is -0.478 e. The van der Waals surface area contributed by atoms with Crippen molar-refractivity contribution in [3.05, 3.63) is 58.3 Å². The summed E-state index contributed by atoms with van der Waals surface area (Å²) in [5, 5.41) is 13.1. The number of fused-ring (bicyclic) bond motifs is 1. The van der Waals surface area contributed by atoms with Crippen LogP contribution < -0.4 is 5.32 Å². The van der Waals surface area contributed by atoms with Crippen LogP contribution in [0.2, 0.25) is 5.02 Å². The number of nitrogens with one attached hydrogen (secondary N) is 1. The number of urea groups is 1. The first-order valence-electron chi connectivity index (χ1n) is 11.4. The van der Waals surface area contributed by atoms with Crippen LogP contribution in [0.25, 0.3) is 0 Å². The van der Waals surface area contributed by atoms with Crippen LogP contribution in [0.15, 0.2) is 42.1 Å². The average Bonchev–Trinajstić information content (AvgIpc) is 2.70. The van der Waals surface area contributed by atoms with Gasteiger partial charge in [-0.3, -0.25) is 0 Å². The van der Waals surface area contributed by atoms with E-state index in [0.29, 0.717) is 5.92 Å². The Labute approximate surface area is 196 Å². The van der Waals surface area contributed by atoms with E-state index in [1.165, 1.54) is 0 Å². The van der Waals surface area contributed by atoms with Crippen molar-refractivity contribution in [2.75, 3.05) is 6.54 Å². The number of carbonyl (C=O) groups excluding carboxylic acids is 1. The molecular formula is C26H35ClN2O3. The minimum atomic E-state index is -1.03. The lowest BCUT2D eigenvalue weighted by Crippen LogP contribution is -2.57. The third-order valence-corrected chi connectivity index (χ3v) is 7.09. The van der Waals surface area contributed by atoms with Crippen molar-refractivity contribution in [2.24, 2.45) is 11.3 Å². The molecule has 32 heavy (non-hydrogen) atoms. The third-order valence-electron chi connectivity index (χ3n) is 6.74. The summed E-state index contributed by atoms with van der Waals surface area (Å²) >= 11 is 6.71. The number of halogens is 1. The molecule has 2 amide bonds. The van der Waals surface area contributed by atoms with E-state index in [1.54, 1.807) is 4.90 Å². The number of rotatable bonds is 7. The monoisotopic (exact) mass is 458 g/mol. The van der Waals surface area contributed by atoms with Crippen LogP contribution in [0, 0.1) is 11.3 Å². The molecule has 1 fully saturated rings. The predicted molar refractivity (Wildman–Crippen MR) is 129 cm³/mol. The fourth-order valence-electron chi connectivity index (χ4n) is 4.68. The summed E-state index contributed by atoms with van der Waals surface area (Å²) in [5.41, 5.74) is 3.07. The van der Waals surface area contributed by atoms with Crippen LogP contribution in [0.3, 0.4) is 0 Å². The Morgan fingerprint density at radius 3 is 2.72 bits per heavy atom. The lowest BCUT2D eigenvalue weighted by atomic mass is 9.68. The van der Waals surface area contributed by atoms with Crippen LogP contribution >= 0.6 is 11.6 Å². The number of aryl methyl sites for hydroxylation is 1. The van der Waals surface area contributed by atoms with Crippen LogP contribution in [-0.4, -0.2) is 28.6 Å². The highest BCUT2D eigenvalue weighted by Crippen LogP contribution is 2.47. The van der Waals surface area contributed by atoms with Gasteiger partial charge in [-0.05, 0) is 72.6 Å². The highest BCUT2D eigenvalue weighted by molar-refractivity contribution is 6.31. The summed E-state index contributed by atoms with van der Waals surface area (Å²) in [7, 11) is 0. The standard InChI is InChI=1S/C26H35ClN2O3/c1-17-7-6-12-26(20-9-8-19(22(27)15-20)10-13-25(3,4)5)21(17)16-29(24(32)28-26)14-11-18(2)23(30)31/h8-9,15-17H,2,6-7,10-14H2,1,3-5H3,(H,28,32)(H,30,31)/t17?,26-/m1/s1. The maximum absolute atomic E-state index is 13.0. The summed E-state index contributed by atoms with van der Waals surface area (Å²) < 4.78 is 0. The summed E-state index contributed by atoms with van der Waals surface area (Å²) in [6.07, 6.45) is 7.01. The molecular weight excluding hydrogens is 424 g/mol. The topological polar surface area (TPSA) is 69.6 Å². The van der Waals surface area contributed by atoms with E-state index in [4.69, 9.17) is 16.7 Å². The number of aliphatic carboxylic acids is 1. The number of carboxylic acids is 1. The Bertz CT molecular complexity index is 947. The van der Waals surface area contributed by atoms with E-state index in [-0.39, 0.29) is 30.0 Å². The number of hydrogen-bond acceptors (Lipinski definition) is 2. The molecule has 0 radical (unpaired) electrons. The van der Waals surface area contributed by atoms with Gasteiger partial charge >= 0.3 is 12.0 Å². The molecule has 0 saturated heterocycles. The van der Waals surface area contributed by atoms with Crippen molar-refractivity contribution >= 4 is 23.6 Å². The number of hydrogen-bond donors (Lipinski definition) is 2. The van der Waals surface area contributed by atoms with Crippen LogP contribution in [0.4, 0.5) is 4.79 Å². The maximum atomic E-state index is 13.0. The van der Waals surface area contributed by atoms with Gasteiger partial charge in [0.15, 0.2) is 0 Å². The van der Waals surface area contributed by atoms with Crippen molar-refractivity contribution in [1.29, 1.82) is 0 Å². The smallest absolute Gasteiger partial charge is 0.331 e. The molecule has 3 rings (SSSR count). The molecule has 5 nitrogen and oxygen atoms in total. The van der Waals surface area contributed by atoms with Crippen molar-refractivity contribution in [1.82, 2.24) is 10.2 Å². The number of benzene rings is 1. The Morgan fingerprint density at radius 1 is 1.38 bits per heavy atom. The number of nitrogens with zero attached hydrogens (tertiary/aromatic N) is 1. The Kier molecular flexibility index (Phi) is 7.09. The van der Waals surface area contributed by atoms with E-state index in [0.717, 1.165) is 53.8 Å². The second kappa shape index (κ2) is 9.30. The second-order valence-electron chi connectivity index (χ2n) is 10.4. The Morgan fingerprint density at radius 2 is 2.09 bits per heavy atom. The first-order valence-corrected chi connectivity index (χ1v) is 11.8. The number of amides is 2. The fraction of sp³-hybridized carbons (Fsp3) is 0.538. The first kappa shape index (κ1) is 24.4. The summed E-state index contributed by atoms with van der Waals surface area (Å²) in [4.78, 5) is 25.7. The molecule has 2 aliphatic rings. The summed E-state index contributed by atoms with van der Waals surface area (Å²) in [6, 6.07) is 6.02. The van der Waals surface area contributed by atoms with Gasteiger partial charge in [0, 0.05) is 23.3 Å². The number of carboxylic acid groups (broad SMARTS) is 1. The molecule has 0 bridgehead atoms. The highest BCUT2D eigenvalue weighted by atomic mass is 35.5. The van der Waals surface area contributed by atoms with Crippen molar-refractivity contribution in [3.63, 3.8) is 0 Å². The van der Waals surface area contributed by atoms with Gasteiger partial charge < -0.3 is 15.3 Å². The minimum absolute atomic E-state index is 0.0994. The molecule has 1 aromatic carbocycles. The zero-order chi connectivity index (χ0) is 23.7. The van der Waals surface area contributed by atoms with Crippen LogP contribution in [-0.2, 0) is 16.8 Å². The quantitative estimate of drug-likeness (QED) is 0.473. The molecule has 0 aromatic heterocycles. The van der Waals surface area contributed by atoms with E-state index in [1.807, 2.05) is 12.3 Å². The van der Waals surface area contributed by atoms with Gasteiger partial charge in [0.2, 0.25) is 0 Å². The maximum Gasteiger partial charge on any atom is 0.331 e. The molecule has 2 atom stereocenters. The van der Waals surface area contributed by atoms with E-state index in [9.17, 15) is 9.59 Å². The van der Waals surface area contributed by atoms with Crippen molar-refractivity contribution < 1.29 is 14.7 Å². The average molecular weight is 459 g/mol. The molecule has 1 saturated carbocycles. The van der Waals surface area contributed by atoms with Gasteiger partial charge in [-0.2, -0.15) is 0 Å². The van der Waals surface area contributed by atoms with E-state index < -0.39 is 11.5 Å². The predicted octanol–water partition coefficient (Wildman–Crippen LogP) is 6.27. The van der Waals surface area contributed by atoms with Gasteiger partial charge in [0.05, 0.1) is 5.54 Å². The zero-order valence-electron chi connectivity index (χ0n) is 19.6. The lowest BCUT2D eigenvalue weighted by molar-refractivity contribution is -0.132. The third kappa shape index (κ3) is 5.20. The van der Waals surface area contributed by atoms with Crippen molar-refractivity contribution in [3.8, 4) is 0 Å². The van der Waals surface area contributed by atoms with Gasteiger partial charge in [-0.1, -0.05) is 58.0 Å². The van der Waals surface area contributed by atoms with Crippen LogP contribution in [0.5, 0.6) is 0 Å². The lowest BCUT2D eigenvalue weighted by Gasteiger charge is -2.48. The molecule has 1 aromatic rings. The molecule has 1 aliphatic carbocycles. The van der Waals surface area contributed by atoms with Gasteiger partial charge in [-0.25, -0.2) is 9.59 Å². The van der Waals surface area contributed by atoms with Crippen molar-refractivity contribution in [2.45, 2.75) is 71.8 Å². The highest BCUT2D eigenvalue weighted by Gasteiger charge is 2.46. The fourth-order valence-corrected chi connectivity index (χ4v) is 4.96. The normalized spacial score (nSPS) is 23.3. The SMILES string of the molecule is C=C(CCN1C=C2C(C)CCC[C@]2(c2ccc(CCC(C)(C)C)c(Cl)c2)NC1=O)C(=O)O. The van der Waals surface area contributed by atoms with Crippen LogP contribution in [0.1, 0.15) is 70.9 Å². The largest absolute Gasteiger partial charge is 0.478 e. The number of carbonyl (C=O) groups is 2. The summed E-state index contributed by atoms with van der Waals surface area (Å²) in [6.45, 7) is 12.7. The Balaban J connectivity index is 1.91. The molecule has 0 spiro atoms. The van der Waals surface area contributed by atoms with E-state index in [2.05, 4.69) is 51.7 Å². The molecule has 1 unspecified atom stereocenters. The zero-order valence-corrected chi connectivity index (χ0v) is 20.4.